The lowest BCUT2D eigenvalue weighted by Crippen LogP contribution is -2.49. The molecule has 0 bridgehead atoms. The second-order valence-corrected chi connectivity index (χ2v) is 5.17. The number of nitrogens with zero attached hydrogens (tertiary/aromatic N) is 1. The van der Waals surface area contributed by atoms with Crippen molar-refractivity contribution in [1.29, 1.82) is 0 Å². The van der Waals surface area contributed by atoms with Gasteiger partial charge in [0, 0.05) is 32.8 Å². The molecule has 0 spiro atoms. The van der Waals surface area contributed by atoms with Crippen molar-refractivity contribution in [3.05, 3.63) is 0 Å². The molecule has 1 atom stereocenters. The van der Waals surface area contributed by atoms with Gasteiger partial charge in [-0.2, -0.15) is 0 Å². The van der Waals surface area contributed by atoms with Crippen LogP contribution in [0.25, 0.3) is 0 Å². The number of piperidine rings is 1. The van der Waals surface area contributed by atoms with Gasteiger partial charge in [0.2, 0.25) is 5.91 Å². The van der Waals surface area contributed by atoms with Crippen LogP contribution in [-0.4, -0.2) is 63.3 Å². The van der Waals surface area contributed by atoms with Crippen LogP contribution >= 0.6 is 0 Å². The average molecular weight is 271 g/mol. The molecule has 1 aliphatic rings. The largest absolute Gasteiger partial charge is 0.385 e. The third kappa shape index (κ3) is 6.89. The number of rotatable bonds is 9. The van der Waals surface area contributed by atoms with E-state index in [1.165, 1.54) is 12.8 Å². The fourth-order valence-corrected chi connectivity index (χ4v) is 2.51. The molecule has 2 N–H and O–H groups in total. The summed E-state index contributed by atoms with van der Waals surface area (Å²) in [5.41, 5.74) is 0. The quantitative estimate of drug-likeness (QED) is 0.603. The first-order valence-electron chi connectivity index (χ1n) is 7.48. The van der Waals surface area contributed by atoms with Crippen LogP contribution in [0.3, 0.4) is 0 Å². The first-order valence-corrected chi connectivity index (χ1v) is 7.48. The molecule has 0 radical (unpaired) electrons. The van der Waals surface area contributed by atoms with Crippen LogP contribution in [0.1, 0.15) is 32.6 Å². The molecular weight excluding hydrogens is 242 g/mol. The predicted molar refractivity (Wildman–Crippen MR) is 77.3 cm³/mol. The molecule has 5 nitrogen and oxygen atoms in total. The van der Waals surface area contributed by atoms with Gasteiger partial charge < -0.3 is 15.4 Å². The van der Waals surface area contributed by atoms with Gasteiger partial charge in [-0.15, -0.1) is 0 Å². The molecule has 1 heterocycles. The number of amides is 1. The lowest BCUT2D eigenvalue weighted by molar-refractivity contribution is -0.122. The minimum Gasteiger partial charge on any atom is -0.385 e. The molecular formula is C14H29N3O2. The van der Waals surface area contributed by atoms with Gasteiger partial charge in [-0.05, 0) is 38.8 Å². The van der Waals surface area contributed by atoms with E-state index in [2.05, 4.69) is 22.5 Å². The van der Waals surface area contributed by atoms with E-state index in [4.69, 9.17) is 4.74 Å². The van der Waals surface area contributed by atoms with Crippen LogP contribution < -0.4 is 10.6 Å². The van der Waals surface area contributed by atoms with Gasteiger partial charge in [-0.3, -0.25) is 9.69 Å². The summed E-state index contributed by atoms with van der Waals surface area (Å²) in [6.07, 6.45) is 4.37. The Morgan fingerprint density at radius 3 is 3.00 bits per heavy atom. The summed E-state index contributed by atoms with van der Waals surface area (Å²) in [6, 6.07) is 0.512. The fourth-order valence-electron chi connectivity index (χ4n) is 2.51. The van der Waals surface area contributed by atoms with Gasteiger partial charge in [0.25, 0.3) is 0 Å². The number of hydrogen-bond acceptors (Lipinski definition) is 4. The Labute approximate surface area is 117 Å². The molecule has 0 aromatic heterocycles. The van der Waals surface area contributed by atoms with Crippen LogP contribution in [0.15, 0.2) is 0 Å². The molecule has 19 heavy (non-hydrogen) atoms. The smallest absolute Gasteiger partial charge is 0.234 e. The van der Waals surface area contributed by atoms with Crippen molar-refractivity contribution in [2.75, 3.05) is 46.4 Å². The van der Waals surface area contributed by atoms with Crippen molar-refractivity contribution in [2.24, 2.45) is 0 Å². The van der Waals surface area contributed by atoms with Crippen LogP contribution in [0.2, 0.25) is 0 Å². The molecule has 0 saturated carbocycles. The Morgan fingerprint density at radius 2 is 2.37 bits per heavy atom. The number of hydrogen-bond donors (Lipinski definition) is 2. The van der Waals surface area contributed by atoms with Crippen molar-refractivity contribution >= 4 is 5.91 Å². The third-order valence-electron chi connectivity index (χ3n) is 3.49. The Morgan fingerprint density at radius 1 is 1.53 bits per heavy atom. The normalized spacial score (nSPS) is 19.6. The summed E-state index contributed by atoms with van der Waals surface area (Å²) >= 11 is 0. The number of methoxy groups -OCH3 is 1. The van der Waals surface area contributed by atoms with Crippen molar-refractivity contribution < 1.29 is 9.53 Å². The maximum absolute atomic E-state index is 11.9. The molecule has 0 aromatic carbocycles. The number of nitrogens with one attached hydrogen (secondary N) is 2. The first kappa shape index (κ1) is 16.4. The lowest BCUT2D eigenvalue weighted by Gasteiger charge is -2.34. The van der Waals surface area contributed by atoms with Gasteiger partial charge in [-0.25, -0.2) is 0 Å². The van der Waals surface area contributed by atoms with Crippen molar-refractivity contribution in [2.45, 2.75) is 38.6 Å². The molecule has 5 heteroatoms. The summed E-state index contributed by atoms with van der Waals surface area (Å²) in [5, 5.41) is 6.38. The highest BCUT2D eigenvalue weighted by Crippen LogP contribution is 2.10. The van der Waals surface area contributed by atoms with Crippen LogP contribution in [0.4, 0.5) is 0 Å². The molecule has 1 aliphatic heterocycles. The first-order chi connectivity index (χ1) is 9.27. The van der Waals surface area contributed by atoms with Crippen LogP contribution in [0, 0.1) is 0 Å². The minimum atomic E-state index is 0.134. The zero-order valence-electron chi connectivity index (χ0n) is 12.4. The SMILES string of the molecule is CCCN(CC(=O)NCCCOC)C1CCCNC1. The van der Waals surface area contributed by atoms with Gasteiger partial charge in [0.1, 0.15) is 0 Å². The molecule has 0 aliphatic carbocycles. The highest BCUT2D eigenvalue weighted by atomic mass is 16.5. The van der Waals surface area contributed by atoms with E-state index in [0.29, 0.717) is 25.7 Å². The van der Waals surface area contributed by atoms with Gasteiger partial charge in [-0.1, -0.05) is 6.92 Å². The van der Waals surface area contributed by atoms with E-state index in [0.717, 1.165) is 32.5 Å². The topological polar surface area (TPSA) is 53.6 Å². The Kier molecular flexibility index (Phi) is 8.79. The Hall–Kier alpha value is -0.650. The van der Waals surface area contributed by atoms with E-state index in [1.54, 1.807) is 7.11 Å². The number of ether oxygens (including phenoxy) is 1. The lowest BCUT2D eigenvalue weighted by atomic mass is 10.1. The van der Waals surface area contributed by atoms with Crippen LogP contribution in [0.5, 0.6) is 0 Å². The summed E-state index contributed by atoms with van der Waals surface area (Å²) < 4.78 is 4.97. The maximum Gasteiger partial charge on any atom is 0.234 e. The highest BCUT2D eigenvalue weighted by molar-refractivity contribution is 5.78. The molecule has 1 saturated heterocycles. The van der Waals surface area contributed by atoms with E-state index in [-0.39, 0.29) is 5.91 Å². The van der Waals surface area contributed by atoms with Crippen LogP contribution in [-0.2, 0) is 9.53 Å². The Bertz CT molecular complexity index is 243. The van der Waals surface area contributed by atoms with Crippen molar-refractivity contribution in [1.82, 2.24) is 15.5 Å². The summed E-state index contributed by atoms with van der Waals surface area (Å²) in [7, 11) is 1.68. The highest BCUT2D eigenvalue weighted by Gasteiger charge is 2.21. The number of carbonyl (C=O) groups excluding carboxylic acids is 1. The van der Waals surface area contributed by atoms with Gasteiger partial charge >= 0.3 is 0 Å². The van der Waals surface area contributed by atoms with E-state index in [1.807, 2.05) is 0 Å². The van der Waals surface area contributed by atoms with E-state index >= 15 is 0 Å². The monoisotopic (exact) mass is 271 g/mol. The molecule has 1 amide bonds. The third-order valence-corrected chi connectivity index (χ3v) is 3.49. The molecule has 112 valence electrons. The zero-order valence-corrected chi connectivity index (χ0v) is 12.4. The van der Waals surface area contributed by atoms with Gasteiger partial charge in [0.15, 0.2) is 0 Å². The fraction of sp³-hybridized carbons (Fsp3) is 0.929. The second kappa shape index (κ2) is 10.2. The van der Waals surface area contributed by atoms with E-state index in [9.17, 15) is 4.79 Å². The molecule has 1 fully saturated rings. The molecule has 1 unspecified atom stereocenters. The molecule has 0 aromatic rings. The maximum atomic E-state index is 11.9. The minimum absolute atomic E-state index is 0.134. The average Bonchev–Trinajstić information content (AvgIpc) is 2.44. The second-order valence-electron chi connectivity index (χ2n) is 5.17. The van der Waals surface area contributed by atoms with Crippen molar-refractivity contribution in [3.8, 4) is 0 Å². The van der Waals surface area contributed by atoms with Crippen molar-refractivity contribution in [3.63, 3.8) is 0 Å². The standard InChI is InChI=1S/C14H29N3O2/c1-3-9-17(13-6-4-7-15-11-13)12-14(18)16-8-5-10-19-2/h13,15H,3-12H2,1-2H3,(H,16,18). The van der Waals surface area contributed by atoms with E-state index < -0.39 is 0 Å². The summed E-state index contributed by atoms with van der Waals surface area (Å²) in [5.74, 6) is 0.134. The summed E-state index contributed by atoms with van der Waals surface area (Å²) in [6.45, 7) is 7.21. The Balaban J connectivity index is 2.28. The molecule has 1 rings (SSSR count). The zero-order chi connectivity index (χ0) is 13.9. The predicted octanol–water partition coefficient (Wildman–Crippen LogP) is 0.603. The summed E-state index contributed by atoms with van der Waals surface area (Å²) in [4.78, 5) is 14.2. The van der Waals surface area contributed by atoms with Gasteiger partial charge in [0.05, 0.1) is 6.54 Å². The number of carbonyl (C=O) groups is 1.